The van der Waals surface area contributed by atoms with Gasteiger partial charge >= 0.3 is 7.82 Å². The third-order valence-electron chi connectivity index (χ3n) is 2.64. The maximum absolute atomic E-state index is 10.8. The van der Waals surface area contributed by atoms with Crippen molar-refractivity contribution in [3.05, 3.63) is 23.8 Å². The highest BCUT2D eigenvalue weighted by molar-refractivity contribution is 7.46. The first kappa shape index (κ1) is 15.0. The molecule has 102 valence electrons. The van der Waals surface area contributed by atoms with Crippen molar-refractivity contribution in [2.24, 2.45) is 0 Å². The van der Waals surface area contributed by atoms with Crippen molar-refractivity contribution < 1.29 is 18.9 Å². The minimum absolute atomic E-state index is 0.0917. The van der Waals surface area contributed by atoms with E-state index in [0.717, 1.165) is 5.69 Å². The van der Waals surface area contributed by atoms with Gasteiger partial charge in [0, 0.05) is 11.3 Å². The fourth-order valence-corrected chi connectivity index (χ4v) is 1.81. The molecule has 0 heterocycles. The zero-order valence-electron chi connectivity index (χ0n) is 10.9. The van der Waals surface area contributed by atoms with Crippen molar-refractivity contribution in [2.45, 2.75) is 20.0 Å². The largest absolute Gasteiger partial charge is 0.524 e. The molecule has 0 aliphatic heterocycles. The number of nitrogens with zero attached hydrogens (tertiary/aromatic N) is 1. The van der Waals surface area contributed by atoms with Gasteiger partial charge in [0.2, 0.25) is 0 Å². The van der Waals surface area contributed by atoms with Gasteiger partial charge in [-0.15, -0.1) is 0 Å². The number of rotatable bonds is 5. The van der Waals surface area contributed by atoms with Crippen molar-refractivity contribution in [2.75, 3.05) is 19.4 Å². The lowest BCUT2D eigenvalue weighted by atomic mass is 10.2. The minimum Gasteiger partial charge on any atom is -0.404 e. The summed E-state index contributed by atoms with van der Waals surface area (Å²) >= 11 is 0. The van der Waals surface area contributed by atoms with Crippen LogP contribution in [-0.4, -0.2) is 34.9 Å². The molecule has 0 bridgehead atoms. The highest BCUT2D eigenvalue weighted by Gasteiger charge is 2.18. The predicted molar refractivity (Wildman–Crippen MR) is 70.6 cm³/mol. The van der Waals surface area contributed by atoms with Gasteiger partial charge in [0.25, 0.3) is 0 Å². The molecule has 0 amide bonds. The Morgan fingerprint density at radius 2 is 2.00 bits per heavy atom. The molecule has 1 aromatic rings. The van der Waals surface area contributed by atoms with Gasteiger partial charge in [0.15, 0.2) is 0 Å². The molecule has 6 nitrogen and oxygen atoms in total. The van der Waals surface area contributed by atoms with Crippen molar-refractivity contribution in [3.63, 3.8) is 0 Å². The molecule has 1 aromatic carbocycles. The second-order valence-electron chi connectivity index (χ2n) is 4.29. The van der Waals surface area contributed by atoms with Gasteiger partial charge in [-0.3, -0.25) is 14.7 Å². The van der Waals surface area contributed by atoms with Gasteiger partial charge in [0.05, 0.1) is 6.17 Å². The average molecular weight is 274 g/mol. The lowest BCUT2D eigenvalue weighted by Crippen LogP contribution is -2.32. The Morgan fingerprint density at radius 3 is 2.50 bits per heavy atom. The van der Waals surface area contributed by atoms with Crippen LogP contribution >= 0.6 is 7.82 Å². The summed E-state index contributed by atoms with van der Waals surface area (Å²) in [7, 11) is -0.659. The molecule has 0 fully saturated rings. The van der Waals surface area contributed by atoms with Crippen LogP contribution < -0.4 is 9.84 Å². The van der Waals surface area contributed by atoms with Gasteiger partial charge < -0.3 is 9.84 Å². The fourth-order valence-electron chi connectivity index (χ4n) is 1.35. The molecule has 0 aromatic heterocycles. The summed E-state index contributed by atoms with van der Waals surface area (Å²) in [6.07, 6.45) is 0.0917. The lowest BCUT2D eigenvalue weighted by molar-refractivity contribution is 0.282. The monoisotopic (exact) mass is 274 g/mol. The van der Waals surface area contributed by atoms with Crippen LogP contribution in [0.3, 0.4) is 0 Å². The van der Waals surface area contributed by atoms with E-state index in [9.17, 15) is 4.57 Å². The van der Waals surface area contributed by atoms with E-state index >= 15 is 0 Å². The van der Waals surface area contributed by atoms with E-state index in [1.807, 2.05) is 32.0 Å². The molecule has 0 saturated heterocycles. The van der Waals surface area contributed by atoms with Crippen molar-refractivity contribution in [3.8, 4) is 5.75 Å². The molecule has 1 atom stereocenters. The standard InChI is InChI=1S/C11H19N2O4P/c1-8-10(12-9(2)13(3)4)6-5-7-11(8)17-18(14,15)16/h5-7,9,12H,1-4H3,(H2,14,15,16). The summed E-state index contributed by atoms with van der Waals surface area (Å²) in [5, 5.41) is 3.23. The van der Waals surface area contributed by atoms with Crippen LogP contribution in [0.5, 0.6) is 5.75 Å². The van der Waals surface area contributed by atoms with Crippen LogP contribution in [0.1, 0.15) is 12.5 Å². The predicted octanol–water partition coefficient (Wildman–Crippen LogP) is 1.79. The number of hydrogen-bond donors (Lipinski definition) is 3. The third-order valence-corrected chi connectivity index (χ3v) is 3.07. The zero-order chi connectivity index (χ0) is 13.9. The summed E-state index contributed by atoms with van der Waals surface area (Å²) < 4.78 is 15.5. The van der Waals surface area contributed by atoms with Gasteiger partial charge in [-0.2, -0.15) is 0 Å². The molecular weight excluding hydrogens is 255 g/mol. The van der Waals surface area contributed by atoms with Crippen molar-refractivity contribution >= 4 is 13.5 Å². The Morgan fingerprint density at radius 1 is 1.39 bits per heavy atom. The molecular formula is C11H19N2O4P. The summed E-state index contributed by atoms with van der Waals surface area (Å²) in [5.74, 6) is 0.180. The zero-order valence-corrected chi connectivity index (χ0v) is 11.8. The van der Waals surface area contributed by atoms with Gasteiger partial charge in [-0.05, 0) is 40.1 Å². The number of hydrogen-bond acceptors (Lipinski definition) is 4. The Labute approximate surface area is 107 Å². The first-order chi connectivity index (χ1) is 8.20. The number of benzene rings is 1. The molecule has 1 rings (SSSR count). The molecule has 0 aliphatic rings. The van der Waals surface area contributed by atoms with Crippen LogP contribution in [0.4, 0.5) is 5.69 Å². The third kappa shape index (κ3) is 4.31. The van der Waals surface area contributed by atoms with Gasteiger partial charge in [-0.25, -0.2) is 4.57 Å². The highest BCUT2D eigenvalue weighted by atomic mass is 31.2. The molecule has 1 unspecified atom stereocenters. The smallest absolute Gasteiger partial charge is 0.404 e. The number of nitrogens with one attached hydrogen (secondary N) is 1. The highest BCUT2D eigenvalue weighted by Crippen LogP contribution is 2.40. The van der Waals surface area contributed by atoms with Crippen LogP contribution in [0.25, 0.3) is 0 Å². The van der Waals surface area contributed by atoms with Crippen LogP contribution in [0.2, 0.25) is 0 Å². The molecule has 0 saturated carbocycles. The Kier molecular flexibility index (Phi) is 4.76. The minimum atomic E-state index is -4.53. The quantitative estimate of drug-likeness (QED) is 0.561. The van der Waals surface area contributed by atoms with Gasteiger partial charge in [0.1, 0.15) is 5.75 Å². The Bertz CT molecular complexity index is 458. The van der Waals surface area contributed by atoms with Crippen molar-refractivity contribution in [1.29, 1.82) is 0 Å². The molecule has 3 N–H and O–H groups in total. The van der Waals surface area contributed by atoms with Crippen LogP contribution in [0, 0.1) is 6.92 Å². The van der Waals surface area contributed by atoms with E-state index in [-0.39, 0.29) is 11.9 Å². The molecule has 0 aliphatic carbocycles. The number of phosphoric ester groups is 1. The maximum atomic E-state index is 10.8. The van der Waals surface area contributed by atoms with E-state index < -0.39 is 7.82 Å². The molecule has 18 heavy (non-hydrogen) atoms. The van der Waals surface area contributed by atoms with E-state index in [2.05, 4.69) is 9.84 Å². The first-order valence-electron chi connectivity index (χ1n) is 5.48. The Balaban J connectivity index is 2.95. The molecule has 0 radical (unpaired) electrons. The van der Waals surface area contributed by atoms with E-state index in [1.165, 1.54) is 6.07 Å². The molecule has 0 spiro atoms. The summed E-state index contributed by atoms with van der Waals surface area (Å²) in [5.41, 5.74) is 1.44. The Hall–Kier alpha value is -1.07. The van der Waals surface area contributed by atoms with E-state index in [0.29, 0.717) is 5.56 Å². The maximum Gasteiger partial charge on any atom is 0.524 e. The van der Waals surface area contributed by atoms with Crippen molar-refractivity contribution in [1.82, 2.24) is 4.90 Å². The van der Waals surface area contributed by atoms with Crippen LogP contribution in [0.15, 0.2) is 18.2 Å². The topological polar surface area (TPSA) is 82.0 Å². The second kappa shape index (κ2) is 5.71. The normalized spacial score (nSPS) is 13.5. The first-order valence-corrected chi connectivity index (χ1v) is 7.01. The SMILES string of the molecule is Cc1c(NC(C)N(C)C)cccc1OP(=O)(O)O. The van der Waals surface area contributed by atoms with Gasteiger partial charge in [-0.1, -0.05) is 6.07 Å². The van der Waals surface area contributed by atoms with E-state index in [4.69, 9.17) is 9.79 Å². The second-order valence-corrected chi connectivity index (χ2v) is 5.46. The number of anilines is 1. The van der Waals surface area contributed by atoms with Crippen LogP contribution in [-0.2, 0) is 4.57 Å². The fraction of sp³-hybridized carbons (Fsp3) is 0.455. The molecule has 7 heteroatoms. The number of phosphoric acid groups is 1. The van der Waals surface area contributed by atoms with E-state index in [1.54, 1.807) is 13.0 Å². The lowest BCUT2D eigenvalue weighted by Gasteiger charge is -2.24. The summed E-state index contributed by atoms with van der Waals surface area (Å²) in [4.78, 5) is 19.6. The average Bonchev–Trinajstić information content (AvgIpc) is 2.21. The summed E-state index contributed by atoms with van der Waals surface area (Å²) in [6, 6.07) is 5.05. The summed E-state index contributed by atoms with van der Waals surface area (Å²) in [6.45, 7) is 3.73.